The van der Waals surface area contributed by atoms with Crippen LogP contribution in [0.25, 0.3) is 0 Å². The highest BCUT2D eigenvalue weighted by atomic mass is 16.5. The van der Waals surface area contributed by atoms with Crippen LogP contribution in [0, 0.1) is 0 Å². The maximum atomic E-state index is 12.6. The minimum Gasteiger partial charge on any atom is -0.490 e. The van der Waals surface area contributed by atoms with Gasteiger partial charge in [0.05, 0.1) is 13.2 Å². The second-order valence-corrected chi connectivity index (χ2v) is 6.25. The van der Waals surface area contributed by atoms with E-state index in [2.05, 4.69) is 5.32 Å². The first kappa shape index (κ1) is 18.8. The molecule has 0 saturated heterocycles. The van der Waals surface area contributed by atoms with Crippen molar-refractivity contribution in [3.8, 4) is 11.5 Å². The maximum Gasteiger partial charge on any atom is 0.255 e. The molecule has 0 bridgehead atoms. The summed E-state index contributed by atoms with van der Waals surface area (Å²) in [6.07, 6.45) is 0.788. The average molecular weight is 368 g/mol. The third kappa shape index (κ3) is 4.05. The molecule has 0 aliphatic carbocycles. The number of fused-ring (bicyclic) bond motifs is 1. The number of nitrogens with one attached hydrogen (secondary N) is 1. The second kappa shape index (κ2) is 8.12. The highest BCUT2D eigenvalue weighted by molar-refractivity contribution is 6.05. The van der Waals surface area contributed by atoms with Gasteiger partial charge in [0, 0.05) is 30.4 Å². The van der Waals surface area contributed by atoms with E-state index in [-0.39, 0.29) is 11.8 Å². The molecule has 0 atom stereocenters. The summed E-state index contributed by atoms with van der Waals surface area (Å²) in [7, 11) is 0. The van der Waals surface area contributed by atoms with Crippen LogP contribution in [0.2, 0.25) is 0 Å². The van der Waals surface area contributed by atoms with E-state index in [0.29, 0.717) is 42.5 Å². The van der Waals surface area contributed by atoms with Crippen molar-refractivity contribution < 1.29 is 19.1 Å². The molecule has 6 nitrogen and oxygen atoms in total. The molecule has 0 radical (unpaired) electrons. The van der Waals surface area contributed by atoms with E-state index in [1.54, 1.807) is 30.0 Å². The Bertz CT molecular complexity index is 863. The third-order valence-corrected chi connectivity index (χ3v) is 4.42. The van der Waals surface area contributed by atoms with Gasteiger partial charge in [-0.25, -0.2) is 0 Å². The largest absolute Gasteiger partial charge is 0.490 e. The van der Waals surface area contributed by atoms with Crippen molar-refractivity contribution >= 4 is 23.2 Å². The molecule has 142 valence electrons. The summed E-state index contributed by atoms with van der Waals surface area (Å²) in [6, 6.07) is 10.8. The fourth-order valence-electron chi connectivity index (χ4n) is 3.20. The summed E-state index contributed by atoms with van der Waals surface area (Å²) in [5.41, 5.74) is 3.17. The Morgan fingerprint density at radius 3 is 2.48 bits per heavy atom. The van der Waals surface area contributed by atoms with Crippen molar-refractivity contribution in [2.45, 2.75) is 27.2 Å². The Morgan fingerprint density at radius 2 is 1.78 bits per heavy atom. The maximum absolute atomic E-state index is 12.6. The van der Waals surface area contributed by atoms with Crippen molar-refractivity contribution in [2.75, 3.05) is 30.0 Å². The zero-order chi connectivity index (χ0) is 19.4. The molecule has 27 heavy (non-hydrogen) atoms. The topological polar surface area (TPSA) is 67.9 Å². The van der Waals surface area contributed by atoms with Gasteiger partial charge in [-0.2, -0.15) is 0 Å². The number of ether oxygens (including phenoxy) is 2. The van der Waals surface area contributed by atoms with Gasteiger partial charge in [0.15, 0.2) is 11.5 Å². The van der Waals surface area contributed by atoms with Gasteiger partial charge in [-0.05, 0) is 62.2 Å². The zero-order valence-corrected chi connectivity index (χ0v) is 15.9. The molecular weight excluding hydrogens is 344 g/mol. The minimum atomic E-state index is -0.222. The highest BCUT2D eigenvalue weighted by Gasteiger charge is 2.22. The number of anilines is 2. The Balaban J connectivity index is 1.78. The molecule has 1 aliphatic heterocycles. The van der Waals surface area contributed by atoms with E-state index >= 15 is 0 Å². The number of nitrogens with zero attached hydrogens (tertiary/aromatic N) is 1. The van der Waals surface area contributed by atoms with E-state index in [0.717, 1.165) is 17.7 Å². The minimum absolute atomic E-state index is 0.0309. The number of benzene rings is 2. The standard InChI is InChI=1S/C21H24N2O4/c1-4-26-19-9-6-16(13-20(19)27-5-2)21(25)22-17-7-8-18-15(12-17)10-11-23(18)14(3)24/h6-9,12-13H,4-5,10-11H2,1-3H3,(H,22,25). The summed E-state index contributed by atoms with van der Waals surface area (Å²) in [6.45, 7) is 7.04. The Kier molecular flexibility index (Phi) is 5.64. The lowest BCUT2D eigenvalue weighted by Gasteiger charge is -2.15. The van der Waals surface area contributed by atoms with Crippen LogP contribution in [0.1, 0.15) is 36.7 Å². The van der Waals surface area contributed by atoms with Crippen LogP contribution in [-0.4, -0.2) is 31.6 Å². The van der Waals surface area contributed by atoms with E-state index in [1.807, 2.05) is 32.0 Å². The lowest BCUT2D eigenvalue weighted by atomic mass is 10.1. The third-order valence-electron chi connectivity index (χ3n) is 4.42. The van der Waals surface area contributed by atoms with Gasteiger partial charge in [0.1, 0.15) is 0 Å². The van der Waals surface area contributed by atoms with Gasteiger partial charge < -0.3 is 19.7 Å². The monoisotopic (exact) mass is 368 g/mol. The van der Waals surface area contributed by atoms with Crippen LogP contribution in [0.3, 0.4) is 0 Å². The number of amides is 2. The molecule has 2 aromatic carbocycles. The van der Waals surface area contributed by atoms with E-state index in [9.17, 15) is 9.59 Å². The van der Waals surface area contributed by atoms with Crippen molar-refractivity contribution in [1.29, 1.82) is 0 Å². The van der Waals surface area contributed by atoms with E-state index < -0.39 is 0 Å². The lowest BCUT2D eigenvalue weighted by Crippen LogP contribution is -2.25. The molecule has 1 aliphatic rings. The number of carbonyl (C=O) groups is 2. The zero-order valence-electron chi connectivity index (χ0n) is 15.9. The van der Waals surface area contributed by atoms with Crippen LogP contribution in [0.4, 0.5) is 11.4 Å². The van der Waals surface area contributed by atoms with Gasteiger partial charge in [0.2, 0.25) is 5.91 Å². The first-order valence-electron chi connectivity index (χ1n) is 9.15. The van der Waals surface area contributed by atoms with Crippen molar-refractivity contribution in [3.63, 3.8) is 0 Å². The molecule has 0 spiro atoms. The highest BCUT2D eigenvalue weighted by Crippen LogP contribution is 2.31. The normalized spacial score (nSPS) is 12.5. The van der Waals surface area contributed by atoms with Crippen LogP contribution < -0.4 is 19.7 Å². The fraction of sp³-hybridized carbons (Fsp3) is 0.333. The first-order valence-corrected chi connectivity index (χ1v) is 9.15. The summed E-state index contributed by atoms with van der Waals surface area (Å²) in [4.78, 5) is 26.0. The smallest absolute Gasteiger partial charge is 0.255 e. The molecule has 3 rings (SSSR count). The SMILES string of the molecule is CCOc1ccc(C(=O)Nc2ccc3c(c2)CCN3C(C)=O)cc1OCC. The number of carbonyl (C=O) groups excluding carboxylic acids is 2. The van der Waals surface area contributed by atoms with Crippen molar-refractivity contribution in [2.24, 2.45) is 0 Å². The van der Waals surface area contributed by atoms with Gasteiger partial charge >= 0.3 is 0 Å². The molecule has 0 fully saturated rings. The van der Waals surface area contributed by atoms with Crippen molar-refractivity contribution in [1.82, 2.24) is 0 Å². The van der Waals surface area contributed by atoms with Gasteiger partial charge in [-0.15, -0.1) is 0 Å². The molecule has 2 aromatic rings. The Morgan fingerprint density at radius 1 is 1.04 bits per heavy atom. The summed E-state index contributed by atoms with van der Waals surface area (Å²) >= 11 is 0. The molecule has 0 aromatic heterocycles. The molecule has 2 amide bonds. The number of rotatable bonds is 6. The van der Waals surface area contributed by atoms with Crippen LogP contribution in [-0.2, 0) is 11.2 Å². The van der Waals surface area contributed by atoms with Crippen LogP contribution in [0.5, 0.6) is 11.5 Å². The van der Waals surface area contributed by atoms with E-state index in [4.69, 9.17) is 9.47 Å². The summed E-state index contributed by atoms with van der Waals surface area (Å²) in [5, 5.41) is 2.91. The Labute approximate surface area is 159 Å². The lowest BCUT2D eigenvalue weighted by molar-refractivity contribution is -0.116. The quantitative estimate of drug-likeness (QED) is 0.845. The van der Waals surface area contributed by atoms with Crippen LogP contribution >= 0.6 is 0 Å². The number of hydrogen-bond acceptors (Lipinski definition) is 4. The van der Waals surface area contributed by atoms with Gasteiger partial charge in [0.25, 0.3) is 5.91 Å². The van der Waals surface area contributed by atoms with E-state index in [1.165, 1.54) is 0 Å². The number of hydrogen-bond donors (Lipinski definition) is 1. The predicted octanol–water partition coefficient (Wildman–Crippen LogP) is 3.65. The molecule has 1 heterocycles. The van der Waals surface area contributed by atoms with Crippen LogP contribution in [0.15, 0.2) is 36.4 Å². The fourth-order valence-corrected chi connectivity index (χ4v) is 3.20. The molecule has 1 N–H and O–H groups in total. The summed E-state index contributed by atoms with van der Waals surface area (Å²) < 4.78 is 11.1. The molecule has 0 saturated carbocycles. The average Bonchev–Trinajstić information content (AvgIpc) is 3.07. The molecule has 6 heteroatoms. The van der Waals surface area contributed by atoms with Gasteiger partial charge in [-0.1, -0.05) is 0 Å². The van der Waals surface area contributed by atoms with Crippen molar-refractivity contribution in [3.05, 3.63) is 47.5 Å². The molecule has 0 unspecified atom stereocenters. The predicted molar refractivity (Wildman–Crippen MR) is 105 cm³/mol. The summed E-state index contributed by atoms with van der Waals surface area (Å²) in [5.74, 6) is 0.986. The molecular formula is C21H24N2O4. The second-order valence-electron chi connectivity index (χ2n) is 6.25. The first-order chi connectivity index (χ1) is 13.0. The van der Waals surface area contributed by atoms with Gasteiger partial charge in [-0.3, -0.25) is 9.59 Å². The Hall–Kier alpha value is -3.02.